The van der Waals surface area contributed by atoms with Crippen molar-refractivity contribution >= 4 is 46.9 Å². The van der Waals surface area contributed by atoms with Crippen LogP contribution in [0.2, 0.25) is 5.02 Å². The third-order valence-electron chi connectivity index (χ3n) is 5.31. The predicted molar refractivity (Wildman–Crippen MR) is 139 cm³/mol. The Hall–Kier alpha value is -2.41. The lowest BCUT2D eigenvalue weighted by atomic mass is 10.1. The first-order valence-corrected chi connectivity index (χ1v) is 13.3. The molecular weight excluding hydrogens is 472 g/mol. The first-order valence-electron chi connectivity index (χ1n) is 10.8. The maximum absolute atomic E-state index is 12.5. The number of nitrogens with zero attached hydrogens (tertiary/aromatic N) is 1. The van der Waals surface area contributed by atoms with Gasteiger partial charge in [0, 0.05) is 35.2 Å². The number of halogens is 1. The van der Waals surface area contributed by atoms with Gasteiger partial charge < -0.3 is 10.2 Å². The number of benzene rings is 3. The molecule has 1 saturated heterocycles. The molecule has 0 aliphatic carbocycles. The zero-order valence-corrected chi connectivity index (χ0v) is 20.5. The molecule has 0 saturated carbocycles. The second-order valence-corrected chi connectivity index (χ2v) is 10.3. The summed E-state index contributed by atoms with van der Waals surface area (Å²) in [6, 6.07) is 25.4. The van der Waals surface area contributed by atoms with E-state index >= 15 is 0 Å². The molecule has 33 heavy (non-hydrogen) atoms. The van der Waals surface area contributed by atoms with Gasteiger partial charge in [-0.2, -0.15) is 11.8 Å². The molecule has 170 valence electrons. The lowest BCUT2D eigenvalue weighted by molar-refractivity contribution is -0.128. The molecule has 0 aromatic heterocycles. The summed E-state index contributed by atoms with van der Waals surface area (Å²) in [5, 5.41) is 3.69. The molecule has 2 amide bonds. The van der Waals surface area contributed by atoms with Crippen molar-refractivity contribution in [3.05, 3.63) is 106 Å². The van der Waals surface area contributed by atoms with Gasteiger partial charge in [-0.25, -0.2) is 0 Å². The predicted octanol–water partition coefficient (Wildman–Crippen LogP) is 5.78. The number of carbonyl (C=O) groups is 2. The highest BCUT2D eigenvalue weighted by Crippen LogP contribution is 2.39. The third kappa shape index (κ3) is 6.56. The first kappa shape index (κ1) is 23.7. The van der Waals surface area contributed by atoms with Crippen LogP contribution in [0.4, 0.5) is 0 Å². The van der Waals surface area contributed by atoms with E-state index < -0.39 is 0 Å². The number of amides is 2. The molecule has 1 aliphatic rings. The number of nitrogens with one attached hydrogen (secondary N) is 1. The average Bonchev–Trinajstić information content (AvgIpc) is 3.19. The highest BCUT2D eigenvalue weighted by molar-refractivity contribution is 8.00. The Morgan fingerprint density at radius 1 is 1.03 bits per heavy atom. The largest absolute Gasteiger partial charge is 0.351 e. The molecule has 4 nitrogen and oxygen atoms in total. The van der Waals surface area contributed by atoms with Crippen molar-refractivity contribution in [3.63, 3.8) is 0 Å². The fourth-order valence-corrected chi connectivity index (χ4v) is 5.84. The minimum absolute atomic E-state index is 0.0299. The van der Waals surface area contributed by atoms with Crippen LogP contribution < -0.4 is 5.32 Å². The van der Waals surface area contributed by atoms with Crippen molar-refractivity contribution in [3.8, 4) is 0 Å². The molecule has 1 N–H and O–H groups in total. The van der Waals surface area contributed by atoms with E-state index in [2.05, 4.69) is 11.4 Å². The van der Waals surface area contributed by atoms with E-state index in [1.807, 2.05) is 77.7 Å². The SMILES string of the molecule is O=C(NCCSCc1cccc(Cl)c1)c1ccc(C2SCC(=O)N2Cc2ccccc2)cc1. The zero-order chi connectivity index (χ0) is 23.0. The third-order valence-corrected chi connectivity index (χ3v) is 7.83. The van der Waals surface area contributed by atoms with E-state index in [1.165, 1.54) is 5.56 Å². The van der Waals surface area contributed by atoms with Gasteiger partial charge >= 0.3 is 0 Å². The summed E-state index contributed by atoms with van der Waals surface area (Å²) < 4.78 is 0. The minimum atomic E-state index is -0.0822. The fourth-order valence-electron chi connectivity index (χ4n) is 3.64. The van der Waals surface area contributed by atoms with Crippen molar-refractivity contribution in [2.75, 3.05) is 18.1 Å². The van der Waals surface area contributed by atoms with E-state index in [-0.39, 0.29) is 17.2 Å². The molecule has 0 spiro atoms. The van der Waals surface area contributed by atoms with Crippen molar-refractivity contribution < 1.29 is 9.59 Å². The first-order chi connectivity index (χ1) is 16.1. The smallest absolute Gasteiger partial charge is 0.251 e. The maximum atomic E-state index is 12.5. The normalized spacial score (nSPS) is 15.6. The number of hydrogen-bond donors (Lipinski definition) is 1. The van der Waals surface area contributed by atoms with E-state index in [4.69, 9.17) is 11.6 Å². The summed E-state index contributed by atoms with van der Waals surface area (Å²) in [7, 11) is 0. The van der Waals surface area contributed by atoms with Gasteiger partial charge in [0.2, 0.25) is 5.91 Å². The molecule has 4 rings (SSSR count). The molecular formula is C26H25ClN2O2S2. The van der Waals surface area contributed by atoms with Gasteiger partial charge in [-0.05, 0) is 41.0 Å². The van der Waals surface area contributed by atoms with Crippen LogP contribution in [0.1, 0.15) is 32.4 Å². The topological polar surface area (TPSA) is 49.4 Å². The van der Waals surface area contributed by atoms with Crippen LogP contribution in [-0.4, -0.2) is 34.8 Å². The van der Waals surface area contributed by atoms with Gasteiger partial charge in [0.15, 0.2) is 0 Å². The van der Waals surface area contributed by atoms with Crippen LogP contribution in [0.5, 0.6) is 0 Å². The van der Waals surface area contributed by atoms with E-state index in [0.717, 1.165) is 27.7 Å². The summed E-state index contributed by atoms with van der Waals surface area (Å²) in [5.74, 6) is 2.23. The van der Waals surface area contributed by atoms with Gasteiger partial charge in [0.25, 0.3) is 5.91 Å². The highest BCUT2D eigenvalue weighted by Gasteiger charge is 2.32. The fraction of sp³-hybridized carbons (Fsp3) is 0.231. The number of carbonyl (C=O) groups excluding carboxylic acids is 2. The highest BCUT2D eigenvalue weighted by atomic mass is 35.5. The molecule has 1 fully saturated rings. The van der Waals surface area contributed by atoms with Gasteiger partial charge in [0.1, 0.15) is 5.37 Å². The van der Waals surface area contributed by atoms with Crippen LogP contribution >= 0.6 is 35.1 Å². The van der Waals surface area contributed by atoms with Gasteiger partial charge in [-0.3, -0.25) is 9.59 Å². The summed E-state index contributed by atoms with van der Waals surface area (Å²) in [4.78, 5) is 26.9. The molecule has 1 unspecified atom stereocenters. The molecule has 3 aromatic carbocycles. The Morgan fingerprint density at radius 2 is 1.79 bits per heavy atom. The number of hydrogen-bond acceptors (Lipinski definition) is 4. The number of rotatable bonds is 9. The second-order valence-electron chi connectivity index (χ2n) is 7.73. The Morgan fingerprint density at radius 3 is 2.55 bits per heavy atom. The van der Waals surface area contributed by atoms with Crippen LogP contribution in [0.3, 0.4) is 0 Å². The molecule has 1 atom stereocenters. The summed E-state index contributed by atoms with van der Waals surface area (Å²) >= 11 is 9.40. The van der Waals surface area contributed by atoms with Crippen LogP contribution in [0.15, 0.2) is 78.9 Å². The van der Waals surface area contributed by atoms with Crippen molar-refractivity contribution in [1.29, 1.82) is 0 Å². The summed E-state index contributed by atoms with van der Waals surface area (Å²) in [6.07, 6.45) is 0. The standard InChI is InChI=1S/C26H25ClN2O2S2/c27-23-8-4-7-20(15-23)17-32-14-13-28-25(31)21-9-11-22(12-10-21)26-29(24(30)18-33-26)16-19-5-2-1-3-6-19/h1-12,15,26H,13-14,16-18H2,(H,28,31). The van der Waals surface area contributed by atoms with E-state index in [0.29, 0.717) is 24.4 Å². The van der Waals surface area contributed by atoms with Gasteiger partial charge in [-0.15, -0.1) is 11.8 Å². The molecule has 1 heterocycles. The number of thioether (sulfide) groups is 2. The van der Waals surface area contributed by atoms with Crippen molar-refractivity contribution in [2.24, 2.45) is 0 Å². The van der Waals surface area contributed by atoms with Crippen LogP contribution in [-0.2, 0) is 17.1 Å². The van der Waals surface area contributed by atoms with Crippen LogP contribution in [0, 0.1) is 0 Å². The lowest BCUT2D eigenvalue weighted by Crippen LogP contribution is -2.28. The Labute approximate surface area is 208 Å². The monoisotopic (exact) mass is 496 g/mol. The van der Waals surface area contributed by atoms with Crippen LogP contribution in [0.25, 0.3) is 0 Å². The Balaban J connectivity index is 1.27. The average molecular weight is 497 g/mol. The van der Waals surface area contributed by atoms with Crippen molar-refractivity contribution in [1.82, 2.24) is 10.2 Å². The van der Waals surface area contributed by atoms with Gasteiger partial charge in [0.05, 0.1) is 5.75 Å². The Bertz CT molecular complexity index is 1090. The molecule has 0 radical (unpaired) electrons. The second kappa shape index (κ2) is 11.6. The zero-order valence-electron chi connectivity index (χ0n) is 18.1. The minimum Gasteiger partial charge on any atom is -0.351 e. The quantitative estimate of drug-likeness (QED) is 0.382. The summed E-state index contributed by atoms with van der Waals surface area (Å²) in [5.41, 5.74) is 3.96. The lowest BCUT2D eigenvalue weighted by Gasteiger charge is -2.24. The molecule has 0 bridgehead atoms. The maximum Gasteiger partial charge on any atom is 0.251 e. The Kier molecular flexibility index (Phi) is 8.37. The summed E-state index contributed by atoms with van der Waals surface area (Å²) in [6.45, 7) is 1.19. The molecule has 1 aliphatic heterocycles. The van der Waals surface area contributed by atoms with E-state index in [1.54, 1.807) is 23.5 Å². The van der Waals surface area contributed by atoms with E-state index in [9.17, 15) is 9.59 Å². The van der Waals surface area contributed by atoms with Crippen molar-refractivity contribution in [2.45, 2.75) is 17.7 Å². The van der Waals surface area contributed by atoms with Gasteiger partial charge in [-0.1, -0.05) is 66.2 Å². The molecule has 7 heteroatoms. The molecule has 3 aromatic rings.